The lowest BCUT2D eigenvalue weighted by molar-refractivity contribution is 0.278. The quantitative estimate of drug-likeness (QED) is 0.770. The highest BCUT2D eigenvalue weighted by Crippen LogP contribution is 2.23. The van der Waals surface area contributed by atoms with Gasteiger partial charge in [-0.15, -0.1) is 0 Å². The lowest BCUT2D eigenvalue weighted by Gasteiger charge is -2.06. The van der Waals surface area contributed by atoms with E-state index in [9.17, 15) is 0 Å². The number of fused-ring (bicyclic) bond motifs is 1. The zero-order chi connectivity index (χ0) is 10.1. The minimum absolute atomic E-state index is 0.192. The van der Waals surface area contributed by atoms with Crippen LogP contribution in [0, 0.1) is 13.8 Å². The van der Waals surface area contributed by atoms with Crippen LogP contribution in [-0.4, -0.2) is 16.3 Å². The maximum absolute atomic E-state index is 8.94. The van der Waals surface area contributed by atoms with Gasteiger partial charge in [-0.1, -0.05) is 12.1 Å². The van der Waals surface area contributed by atoms with Crippen molar-refractivity contribution in [2.75, 3.05) is 6.61 Å². The lowest BCUT2D eigenvalue weighted by Crippen LogP contribution is -2.01. The van der Waals surface area contributed by atoms with Gasteiger partial charge in [0, 0.05) is 18.1 Å². The summed E-state index contributed by atoms with van der Waals surface area (Å²) in [5, 5.41) is 10.2. The molecule has 0 amide bonds. The smallest absolute Gasteiger partial charge is 0.0610 e. The van der Waals surface area contributed by atoms with Gasteiger partial charge in [-0.05, 0) is 31.0 Å². The molecule has 1 heterocycles. The molecule has 0 atom stereocenters. The molecule has 0 aliphatic rings. The number of rotatable bonds is 2. The Labute approximate surface area is 83.8 Å². The summed E-state index contributed by atoms with van der Waals surface area (Å²) in [6.45, 7) is 5.09. The molecule has 0 saturated carbocycles. The van der Waals surface area contributed by atoms with Crippen molar-refractivity contribution in [3.8, 4) is 0 Å². The number of aromatic nitrogens is 1. The second-order valence-corrected chi connectivity index (χ2v) is 3.69. The number of benzene rings is 1. The van der Waals surface area contributed by atoms with Crippen LogP contribution in [0.2, 0.25) is 0 Å². The summed E-state index contributed by atoms with van der Waals surface area (Å²) < 4.78 is 2.11. The molecule has 0 aliphatic carbocycles. The molecule has 1 aromatic carbocycles. The van der Waals surface area contributed by atoms with E-state index in [1.165, 1.54) is 22.0 Å². The molecule has 2 heteroatoms. The molecule has 1 aromatic heterocycles. The van der Waals surface area contributed by atoms with Crippen molar-refractivity contribution in [2.45, 2.75) is 20.4 Å². The van der Waals surface area contributed by atoms with E-state index < -0.39 is 0 Å². The highest BCUT2D eigenvalue weighted by Gasteiger charge is 2.05. The van der Waals surface area contributed by atoms with Gasteiger partial charge in [0.1, 0.15) is 0 Å². The fourth-order valence-corrected chi connectivity index (χ4v) is 1.94. The number of aliphatic hydroxyl groups is 1. The summed E-state index contributed by atoms with van der Waals surface area (Å²) in [5.41, 5.74) is 3.81. The van der Waals surface area contributed by atoms with Crippen molar-refractivity contribution in [1.82, 2.24) is 4.57 Å². The zero-order valence-corrected chi connectivity index (χ0v) is 8.62. The number of nitrogens with zero attached hydrogens (tertiary/aromatic N) is 1. The minimum Gasteiger partial charge on any atom is -0.395 e. The first-order chi connectivity index (χ1) is 6.74. The summed E-state index contributed by atoms with van der Waals surface area (Å²) in [4.78, 5) is 0. The van der Waals surface area contributed by atoms with Crippen molar-refractivity contribution in [1.29, 1.82) is 0 Å². The van der Waals surface area contributed by atoms with Crippen molar-refractivity contribution in [2.24, 2.45) is 0 Å². The Morgan fingerprint density at radius 1 is 1.14 bits per heavy atom. The van der Waals surface area contributed by atoms with E-state index in [0.717, 1.165) is 0 Å². The molecule has 0 saturated heterocycles. The van der Waals surface area contributed by atoms with Crippen molar-refractivity contribution < 1.29 is 5.11 Å². The van der Waals surface area contributed by atoms with Crippen LogP contribution in [-0.2, 0) is 6.54 Å². The minimum atomic E-state index is 0.192. The largest absolute Gasteiger partial charge is 0.395 e. The first kappa shape index (κ1) is 9.28. The van der Waals surface area contributed by atoms with Gasteiger partial charge in [0.05, 0.1) is 12.1 Å². The van der Waals surface area contributed by atoms with Gasteiger partial charge in [-0.25, -0.2) is 0 Å². The Morgan fingerprint density at radius 2 is 1.86 bits per heavy atom. The van der Waals surface area contributed by atoms with E-state index >= 15 is 0 Å². The molecule has 0 aliphatic heterocycles. The fourth-order valence-electron chi connectivity index (χ4n) is 1.94. The monoisotopic (exact) mass is 189 g/mol. The van der Waals surface area contributed by atoms with Crippen LogP contribution >= 0.6 is 0 Å². The molecule has 14 heavy (non-hydrogen) atoms. The van der Waals surface area contributed by atoms with Gasteiger partial charge >= 0.3 is 0 Å². The Hall–Kier alpha value is -1.28. The predicted molar refractivity (Wildman–Crippen MR) is 58.5 cm³/mol. The Morgan fingerprint density at radius 3 is 2.57 bits per heavy atom. The first-order valence-corrected chi connectivity index (χ1v) is 4.90. The van der Waals surface area contributed by atoms with E-state index in [1.54, 1.807) is 0 Å². The third-order valence-electron chi connectivity index (χ3n) is 2.69. The maximum Gasteiger partial charge on any atom is 0.0610 e. The molecule has 0 fully saturated rings. The molecular weight excluding hydrogens is 174 g/mol. The van der Waals surface area contributed by atoms with Gasteiger partial charge in [0.25, 0.3) is 0 Å². The average molecular weight is 189 g/mol. The normalized spacial score (nSPS) is 11.1. The molecule has 2 nitrogen and oxygen atoms in total. The van der Waals surface area contributed by atoms with Crippen molar-refractivity contribution in [3.63, 3.8) is 0 Å². The fraction of sp³-hybridized carbons (Fsp3) is 0.333. The molecule has 0 unspecified atom stereocenters. The SMILES string of the molecule is Cc1ccc(C)c2c1ccn2CCO. The van der Waals surface area contributed by atoms with Gasteiger partial charge in [0.15, 0.2) is 0 Å². The zero-order valence-electron chi connectivity index (χ0n) is 8.62. The van der Waals surface area contributed by atoms with Crippen molar-refractivity contribution >= 4 is 10.9 Å². The molecule has 0 spiro atoms. The molecular formula is C12H15NO. The maximum atomic E-state index is 8.94. The van der Waals surface area contributed by atoms with E-state index in [2.05, 4.69) is 36.6 Å². The Kier molecular flexibility index (Phi) is 2.30. The molecule has 1 N–H and O–H groups in total. The molecule has 74 valence electrons. The van der Waals surface area contributed by atoms with Gasteiger partial charge in [-0.3, -0.25) is 0 Å². The number of hydrogen-bond donors (Lipinski definition) is 1. The predicted octanol–water partition coefficient (Wildman–Crippen LogP) is 2.25. The van der Waals surface area contributed by atoms with Gasteiger partial charge in [0.2, 0.25) is 0 Å². The highest BCUT2D eigenvalue weighted by molar-refractivity contribution is 5.86. The summed E-state index contributed by atoms with van der Waals surface area (Å²) in [7, 11) is 0. The summed E-state index contributed by atoms with van der Waals surface area (Å²) in [5.74, 6) is 0. The summed E-state index contributed by atoms with van der Waals surface area (Å²) in [6.07, 6.45) is 2.04. The summed E-state index contributed by atoms with van der Waals surface area (Å²) in [6, 6.07) is 6.39. The second-order valence-electron chi connectivity index (χ2n) is 3.69. The van der Waals surface area contributed by atoms with E-state index in [-0.39, 0.29) is 6.61 Å². The standard InChI is InChI=1S/C12H15NO/c1-9-3-4-10(2)12-11(9)5-6-13(12)7-8-14/h3-6,14H,7-8H2,1-2H3. The molecule has 0 radical (unpaired) electrons. The van der Waals surface area contributed by atoms with Crippen LogP contribution in [0.15, 0.2) is 24.4 Å². The topological polar surface area (TPSA) is 25.2 Å². The van der Waals surface area contributed by atoms with Crippen LogP contribution in [0.5, 0.6) is 0 Å². The molecule has 2 aromatic rings. The third kappa shape index (κ3) is 1.32. The van der Waals surface area contributed by atoms with Crippen LogP contribution < -0.4 is 0 Å². The van der Waals surface area contributed by atoms with E-state index in [4.69, 9.17) is 5.11 Å². The van der Waals surface area contributed by atoms with Gasteiger partial charge in [-0.2, -0.15) is 0 Å². The number of aryl methyl sites for hydroxylation is 2. The Balaban J connectivity index is 2.70. The second kappa shape index (κ2) is 3.46. The molecule has 0 bridgehead atoms. The Bertz CT molecular complexity index is 457. The van der Waals surface area contributed by atoms with E-state index in [0.29, 0.717) is 6.54 Å². The summed E-state index contributed by atoms with van der Waals surface area (Å²) >= 11 is 0. The lowest BCUT2D eigenvalue weighted by atomic mass is 10.1. The van der Waals surface area contributed by atoms with Crippen LogP contribution in [0.4, 0.5) is 0 Å². The van der Waals surface area contributed by atoms with E-state index in [1.807, 2.05) is 6.20 Å². The van der Waals surface area contributed by atoms with Crippen LogP contribution in [0.1, 0.15) is 11.1 Å². The van der Waals surface area contributed by atoms with Crippen molar-refractivity contribution in [3.05, 3.63) is 35.5 Å². The number of hydrogen-bond acceptors (Lipinski definition) is 1. The molecule has 2 rings (SSSR count). The van der Waals surface area contributed by atoms with Crippen LogP contribution in [0.25, 0.3) is 10.9 Å². The van der Waals surface area contributed by atoms with Gasteiger partial charge < -0.3 is 9.67 Å². The highest BCUT2D eigenvalue weighted by atomic mass is 16.3. The first-order valence-electron chi connectivity index (χ1n) is 4.90. The van der Waals surface area contributed by atoms with Crippen LogP contribution in [0.3, 0.4) is 0 Å². The average Bonchev–Trinajstić information content (AvgIpc) is 2.58. The third-order valence-corrected chi connectivity index (χ3v) is 2.69. The number of aliphatic hydroxyl groups excluding tert-OH is 1.